The Morgan fingerprint density at radius 3 is 2.67 bits per heavy atom. The molecule has 0 aliphatic carbocycles. The maximum absolute atomic E-state index is 6.17. The molecule has 0 fully saturated rings. The molecule has 1 aromatic rings. The third kappa shape index (κ3) is 2.79. The van der Waals surface area contributed by atoms with E-state index in [1.54, 1.807) is 7.11 Å². The molecule has 4 heteroatoms. The average molecular weight is 268 g/mol. The third-order valence-electron chi connectivity index (χ3n) is 2.78. The molecule has 0 aromatic heterocycles. The van der Waals surface area contributed by atoms with Gasteiger partial charge in [-0.3, -0.25) is 0 Å². The molecule has 0 radical (unpaired) electrons. The van der Waals surface area contributed by atoms with E-state index >= 15 is 0 Å². The lowest BCUT2D eigenvalue weighted by Gasteiger charge is -2.17. The quantitative estimate of drug-likeness (QED) is 0.908. The molecule has 1 atom stereocenters. The first-order valence-corrected chi connectivity index (χ1v) is 6.43. The fraction of sp³-hybridized carbons (Fsp3) is 0.429. The molecule has 3 nitrogen and oxygen atoms in total. The van der Waals surface area contributed by atoms with Gasteiger partial charge in [0.15, 0.2) is 11.5 Å². The van der Waals surface area contributed by atoms with Gasteiger partial charge in [0.1, 0.15) is 0 Å². The van der Waals surface area contributed by atoms with E-state index in [1.165, 1.54) is 0 Å². The van der Waals surface area contributed by atoms with Crippen molar-refractivity contribution in [1.82, 2.24) is 5.32 Å². The van der Waals surface area contributed by atoms with Gasteiger partial charge in [0, 0.05) is 11.6 Å². The Balaban J connectivity index is 2.30. The first kappa shape index (κ1) is 13.2. The molecular formula is C14H18ClNO2. The van der Waals surface area contributed by atoms with Gasteiger partial charge >= 0.3 is 0 Å². The van der Waals surface area contributed by atoms with Gasteiger partial charge in [-0.05, 0) is 31.5 Å². The van der Waals surface area contributed by atoms with Crippen LogP contribution in [0.5, 0.6) is 11.5 Å². The molecule has 1 N–H and O–H groups in total. The van der Waals surface area contributed by atoms with E-state index in [0.29, 0.717) is 0 Å². The summed E-state index contributed by atoms with van der Waals surface area (Å²) < 4.78 is 11.1. The summed E-state index contributed by atoms with van der Waals surface area (Å²) in [5, 5.41) is 4.15. The smallest absolute Gasteiger partial charge is 0.161 e. The van der Waals surface area contributed by atoms with Crippen molar-refractivity contribution in [3.8, 4) is 11.5 Å². The summed E-state index contributed by atoms with van der Waals surface area (Å²) in [5.41, 5.74) is 1.09. The van der Waals surface area contributed by atoms with E-state index < -0.39 is 0 Å². The van der Waals surface area contributed by atoms with E-state index in [9.17, 15) is 0 Å². The van der Waals surface area contributed by atoms with Crippen LogP contribution in [0.2, 0.25) is 0 Å². The Hall–Kier alpha value is -1.19. The minimum atomic E-state index is 0.0621. The second-order valence-corrected chi connectivity index (χ2v) is 4.94. The largest absolute Gasteiger partial charge is 0.493 e. The SMILES string of the molecule is COc1ccc(C2NCC=C2Cl)cc1OC(C)C. The van der Waals surface area contributed by atoms with E-state index in [4.69, 9.17) is 21.1 Å². The first-order valence-electron chi connectivity index (χ1n) is 6.05. The Bertz CT molecular complexity index is 457. The van der Waals surface area contributed by atoms with Crippen molar-refractivity contribution in [3.63, 3.8) is 0 Å². The number of halogens is 1. The van der Waals surface area contributed by atoms with Gasteiger partial charge < -0.3 is 14.8 Å². The lowest BCUT2D eigenvalue weighted by molar-refractivity contribution is 0.230. The number of benzene rings is 1. The van der Waals surface area contributed by atoms with Crippen molar-refractivity contribution in [2.24, 2.45) is 0 Å². The molecule has 0 amide bonds. The average Bonchev–Trinajstić information content (AvgIpc) is 2.74. The van der Waals surface area contributed by atoms with E-state index in [1.807, 2.05) is 38.1 Å². The van der Waals surface area contributed by atoms with Crippen LogP contribution in [-0.2, 0) is 0 Å². The van der Waals surface area contributed by atoms with Crippen molar-refractivity contribution in [2.45, 2.75) is 26.0 Å². The van der Waals surface area contributed by atoms with Gasteiger partial charge in [-0.2, -0.15) is 0 Å². The number of nitrogens with one attached hydrogen (secondary N) is 1. The highest BCUT2D eigenvalue weighted by molar-refractivity contribution is 6.30. The molecule has 1 aliphatic heterocycles. The summed E-state index contributed by atoms with van der Waals surface area (Å²) in [6, 6.07) is 5.97. The standard InChI is InChI=1S/C14H18ClNO2/c1-9(2)18-13-8-10(4-5-12(13)17-3)14-11(15)6-7-16-14/h4-6,8-9,14,16H,7H2,1-3H3. The van der Waals surface area contributed by atoms with Gasteiger partial charge in [-0.15, -0.1) is 0 Å². The fourth-order valence-corrected chi connectivity index (χ4v) is 2.27. The van der Waals surface area contributed by atoms with Gasteiger partial charge in [-0.1, -0.05) is 23.7 Å². The van der Waals surface area contributed by atoms with Crippen LogP contribution >= 0.6 is 11.6 Å². The van der Waals surface area contributed by atoms with E-state index in [-0.39, 0.29) is 12.1 Å². The lowest BCUT2D eigenvalue weighted by atomic mass is 10.1. The molecular weight excluding hydrogens is 250 g/mol. The zero-order valence-electron chi connectivity index (χ0n) is 10.9. The topological polar surface area (TPSA) is 30.5 Å². The van der Waals surface area contributed by atoms with Crippen LogP contribution in [0.3, 0.4) is 0 Å². The molecule has 0 saturated carbocycles. The summed E-state index contributed by atoms with van der Waals surface area (Å²) in [5.74, 6) is 1.49. The molecule has 1 unspecified atom stereocenters. The number of hydrogen-bond acceptors (Lipinski definition) is 3. The van der Waals surface area contributed by atoms with Crippen molar-refractivity contribution in [3.05, 3.63) is 34.9 Å². The number of methoxy groups -OCH3 is 1. The minimum Gasteiger partial charge on any atom is -0.493 e. The predicted octanol–water partition coefficient (Wildman–Crippen LogP) is 3.25. The second kappa shape index (κ2) is 5.63. The highest BCUT2D eigenvalue weighted by atomic mass is 35.5. The van der Waals surface area contributed by atoms with Crippen molar-refractivity contribution < 1.29 is 9.47 Å². The van der Waals surface area contributed by atoms with Crippen molar-refractivity contribution >= 4 is 11.6 Å². The minimum absolute atomic E-state index is 0.0621. The molecule has 0 bridgehead atoms. The highest BCUT2D eigenvalue weighted by Crippen LogP contribution is 2.35. The zero-order valence-corrected chi connectivity index (χ0v) is 11.6. The maximum Gasteiger partial charge on any atom is 0.161 e. The van der Waals surface area contributed by atoms with E-state index in [0.717, 1.165) is 28.6 Å². The van der Waals surface area contributed by atoms with Crippen molar-refractivity contribution in [1.29, 1.82) is 0 Å². The van der Waals surface area contributed by atoms with Gasteiger partial charge in [0.2, 0.25) is 0 Å². The van der Waals surface area contributed by atoms with Crippen LogP contribution in [0.1, 0.15) is 25.5 Å². The van der Waals surface area contributed by atoms with E-state index in [2.05, 4.69) is 5.32 Å². The highest BCUT2D eigenvalue weighted by Gasteiger charge is 2.20. The molecule has 1 aromatic carbocycles. The Morgan fingerprint density at radius 1 is 1.33 bits per heavy atom. The number of ether oxygens (including phenoxy) is 2. The summed E-state index contributed by atoms with van der Waals surface area (Å²) in [6.45, 7) is 4.79. The maximum atomic E-state index is 6.17. The Morgan fingerprint density at radius 2 is 2.11 bits per heavy atom. The molecule has 0 spiro atoms. The molecule has 1 heterocycles. The molecule has 1 aliphatic rings. The summed E-state index contributed by atoms with van der Waals surface area (Å²) in [6.07, 6.45) is 2.09. The van der Waals surface area contributed by atoms with Crippen LogP contribution in [0.4, 0.5) is 0 Å². The van der Waals surface area contributed by atoms with Crippen LogP contribution in [-0.4, -0.2) is 19.8 Å². The summed E-state index contributed by atoms with van der Waals surface area (Å²) >= 11 is 6.17. The molecule has 98 valence electrons. The van der Waals surface area contributed by atoms with Gasteiger partial charge in [-0.25, -0.2) is 0 Å². The Labute approximate surface area is 113 Å². The first-order chi connectivity index (χ1) is 8.61. The molecule has 18 heavy (non-hydrogen) atoms. The monoisotopic (exact) mass is 267 g/mol. The summed E-state index contributed by atoms with van der Waals surface area (Å²) in [7, 11) is 1.64. The van der Waals surface area contributed by atoms with Crippen LogP contribution in [0, 0.1) is 0 Å². The Kier molecular flexibility index (Phi) is 4.15. The van der Waals surface area contributed by atoms with Gasteiger partial charge in [0.25, 0.3) is 0 Å². The zero-order chi connectivity index (χ0) is 13.1. The van der Waals surface area contributed by atoms with Crippen LogP contribution < -0.4 is 14.8 Å². The van der Waals surface area contributed by atoms with Crippen LogP contribution in [0.25, 0.3) is 0 Å². The molecule has 2 rings (SSSR count). The fourth-order valence-electron chi connectivity index (χ4n) is 1.99. The lowest BCUT2D eigenvalue weighted by Crippen LogP contribution is -2.15. The normalized spacial score (nSPS) is 18.9. The molecule has 0 saturated heterocycles. The predicted molar refractivity (Wildman–Crippen MR) is 73.4 cm³/mol. The second-order valence-electron chi connectivity index (χ2n) is 4.51. The van der Waals surface area contributed by atoms with Crippen LogP contribution in [0.15, 0.2) is 29.3 Å². The number of hydrogen-bond donors (Lipinski definition) is 1. The third-order valence-corrected chi connectivity index (χ3v) is 3.15. The summed E-state index contributed by atoms with van der Waals surface area (Å²) in [4.78, 5) is 0. The number of rotatable bonds is 4. The van der Waals surface area contributed by atoms with Crippen molar-refractivity contribution in [2.75, 3.05) is 13.7 Å². The van der Waals surface area contributed by atoms with Gasteiger partial charge in [0.05, 0.1) is 19.3 Å².